The summed E-state index contributed by atoms with van der Waals surface area (Å²) in [4.78, 5) is 10.7. The lowest BCUT2D eigenvalue weighted by Gasteiger charge is -2.09. The molecule has 1 heterocycles. The molecule has 0 aliphatic rings. The van der Waals surface area contributed by atoms with Gasteiger partial charge >= 0.3 is 5.69 Å². The second-order valence-electron chi connectivity index (χ2n) is 3.46. The Hall–Kier alpha value is -1.79. The summed E-state index contributed by atoms with van der Waals surface area (Å²) in [7, 11) is 0. The Balaban J connectivity index is 2.40. The first-order chi connectivity index (χ1) is 8.09. The minimum atomic E-state index is -0.850. The molecule has 0 radical (unpaired) electrons. The average molecular weight is 252 g/mol. The zero-order chi connectivity index (χ0) is 12.4. The van der Waals surface area contributed by atoms with Crippen LogP contribution in [0, 0.1) is 15.9 Å². The second kappa shape index (κ2) is 4.60. The van der Waals surface area contributed by atoms with Crippen molar-refractivity contribution in [1.82, 2.24) is 0 Å². The van der Waals surface area contributed by atoms with Crippen LogP contribution in [0.15, 0.2) is 35.7 Å². The maximum atomic E-state index is 13.1. The number of nitrogens with two attached hydrogens (primary N) is 1. The minimum absolute atomic E-state index is 0.464. The highest BCUT2D eigenvalue weighted by molar-refractivity contribution is 7.10. The molecule has 2 rings (SSSR count). The van der Waals surface area contributed by atoms with E-state index in [1.807, 2.05) is 17.5 Å². The average Bonchev–Trinajstić information content (AvgIpc) is 2.81. The van der Waals surface area contributed by atoms with Crippen molar-refractivity contribution in [2.45, 2.75) is 6.04 Å². The van der Waals surface area contributed by atoms with Gasteiger partial charge in [0.1, 0.15) is 0 Å². The van der Waals surface area contributed by atoms with E-state index in [-0.39, 0.29) is 0 Å². The third kappa shape index (κ3) is 2.32. The van der Waals surface area contributed by atoms with Crippen molar-refractivity contribution in [3.8, 4) is 0 Å². The van der Waals surface area contributed by atoms with Crippen LogP contribution in [0.2, 0.25) is 0 Å². The lowest BCUT2D eigenvalue weighted by atomic mass is 10.1. The smallest absolute Gasteiger partial charge is 0.305 e. The number of halogens is 1. The lowest BCUT2D eigenvalue weighted by Crippen LogP contribution is -2.10. The van der Waals surface area contributed by atoms with Crippen molar-refractivity contribution in [2.24, 2.45) is 5.73 Å². The maximum Gasteiger partial charge on any atom is 0.305 e. The summed E-state index contributed by atoms with van der Waals surface area (Å²) in [6, 6.07) is 6.93. The molecule has 1 aromatic carbocycles. The quantitative estimate of drug-likeness (QED) is 0.674. The SMILES string of the molecule is N[C@@H](c1ccc(F)c([N+](=O)[O-])c1)c1cccs1. The van der Waals surface area contributed by atoms with Gasteiger partial charge in [0.05, 0.1) is 11.0 Å². The van der Waals surface area contributed by atoms with Crippen molar-refractivity contribution < 1.29 is 9.31 Å². The van der Waals surface area contributed by atoms with E-state index in [0.29, 0.717) is 5.56 Å². The van der Waals surface area contributed by atoms with E-state index >= 15 is 0 Å². The van der Waals surface area contributed by atoms with Gasteiger partial charge in [0.2, 0.25) is 5.82 Å². The van der Waals surface area contributed by atoms with E-state index < -0.39 is 22.5 Å². The fraction of sp³-hybridized carbons (Fsp3) is 0.0909. The van der Waals surface area contributed by atoms with Crippen molar-refractivity contribution in [1.29, 1.82) is 0 Å². The van der Waals surface area contributed by atoms with E-state index in [0.717, 1.165) is 10.9 Å². The van der Waals surface area contributed by atoms with E-state index in [2.05, 4.69) is 0 Å². The zero-order valence-electron chi connectivity index (χ0n) is 8.67. The van der Waals surface area contributed by atoms with Crippen molar-refractivity contribution in [3.63, 3.8) is 0 Å². The van der Waals surface area contributed by atoms with Crippen LogP contribution in [0.1, 0.15) is 16.5 Å². The summed E-state index contributed by atoms with van der Waals surface area (Å²) in [6.45, 7) is 0. The van der Waals surface area contributed by atoms with E-state index in [4.69, 9.17) is 5.73 Å². The van der Waals surface area contributed by atoms with E-state index in [1.54, 1.807) is 0 Å². The predicted molar refractivity (Wildman–Crippen MR) is 63.4 cm³/mol. The standard InChI is InChI=1S/C11H9FN2O2S/c12-8-4-3-7(6-9(8)14(15)16)11(13)10-2-1-5-17-10/h1-6,11H,13H2/t11-/m0/s1. The summed E-state index contributed by atoms with van der Waals surface area (Å²) in [5, 5.41) is 12.5. The van der Waals surface area contributed by atoms with Gasteiger partial charge in [-0.15, -0.1) is 11.3 Å². The molecule has 88 valence electrons. The zero-order valence-corrected chi connectivity index (χ0v) is 9.49. The topological polar surface area (TPSA) is 69.2 Å². The molecule has 2 aromatic rings. The monoisotopic (exact) mass is 252 g/mol. The molecular formula is C11H9FN2O2S. The largest absolute Gasteiger partial charge is 0.320 e. The van der Waals surface area contributed by atoms with Crippen LogP contribution in [0.3, 0.4) is 0 Å². The number of benzene rings is 1. The highest BCUT2D eigenvalue weighted by Crippen LogP contribution is 2.27. The maximum absolute atomic E-state index is 13.1. The Morgan fingerprint density at radius 1 is 1.41 bits per heavy atom. The molecule has 0 saturated carbocycles. The van der Waals surface area contributed by atoms with Crippen molar-refractivity contribution >= 4 is 17.0 Å². The van der Waals surface area contributed by atoms with Crippen LogP contribution in [0.4, 0.5) is 10.1 Å². The molecule has 17 heavy (non-hydrogen) atoms. The first-order valence-electron chi connectivity index (χ1n) is 4.82. The number of hydrogen-bond donors (Lipinski definition) is 1. The van der Waals surface area contributed by atoms with Gasteiger partial charge in [0.25, 0.3) is 0 Å². The molecule has 0 fully saturated rings. The third-order valence-corrected chi connectivity index (χ3v) is 3.33. The Morgan fingerprint density at radius 2 is 2.18 bits per heavy atom. The molecule has 0 saturated heterocycles. The van der Waals surface area contributed by atoms with Crippen molar-refractivity contribution in [3.05, 3.63) is 62.1 Å². The summed E-state index contributed by atoms with van der Waals surface area (Å²) in [5.74, 6) is -0.850. The number of nitro benzene ring substituents is 1. The predicted octanol–water partition coefficient (Wildman–Crippen LogP) is 2.84. The lowest BCUT2D eigenvalue weighted by molar-refractivity contribution is -0.387. The Kier molecular flexibility index (Phi) is 3.16. The van der Waals surface area contributed by atoms with Gasteiger partial charge in [0.15, 0.2) is 0 Å². The van der Waals surface area contributed by atoms with E-state index in [9.17, 15) is 14.5 Å². The van der Waals surface area contributed by atoms with Gasteiger partial charge in [-0.05, 0) is 23.1 Å². The normalized spacial score (nSPS) is 12.4. The fourth-order valence-corrected chi connectivity index (χ4v) is 2.25. The molecular weight excluding hydrogens is 243 g/mol. The van der Waals surface area contributed by atoms with Crippen LogP contribution in [-0.4, -0.2) is 4.92 Å². The summed E-state index contributed by atoms with van der Waals surface area (Å²) in [6.07, 6.45) is 0. The van der Waals surface area contributed by atoms with Gasteiger partial charge in [-0.25, -0.2) is 0 Å². The summed E-state index contributed by atoms with van der Waals surface area (Å²) < 4.78 is 13.1. The van der Waals surface area contributed by atoms with Crippen LogP contribution in [0.25, 0.3) is 0 Å². The first-order valence-corrected chi connectivity index (χ1v) is 5.70. The van der Waals surface area contributed by atoms with Gasteiger partial charge in [-0.2, -0.15) is 4.39 Å². The van der Waals surface area contributed by atoms with Gasteiger partial charge in [-0.3, -0.25) is 10.1 Å². The first kappa shape index (κ1) is 11.7. The second-order valence-corrected chi connectivity index (χ2v) is 4.44. The van der Waals surface area contributed by atoms with Crippen molar-refractivity contribution in [2.75, 3.05) is 0 Å². The van der Waals surface area contributed by atoms with Crippen LogP contribution < -0.4 is 5.73 Å². The molecule has 0 unspecified atom stereocenters. The van der Waals surface area contributed by atoms with Gasteiger partial charge in [-0.1, -0.05) is 12.1 Å². The molecule has 1 aromatic heterocycles. The summed E-state index contributed by atoms with van der Waals surface area (Å²) in [5.41, 5.74) is 5.93. The van der Waals surface area contributed by atoms with Crippen LogP contribution in [0.5, 0.6) is 0 Å². The molecule has 1 atom stereocenters. The van der Waals surface area contributed by atoms with Gasteiger partial charge < -0.3 is 5.73 Å². The molecule has 0 amide bonds. The number of nitrogens with zero attached hydrogens (tertiary/aromatic N) is 1. The van der Waals surface area contributed by atoms with Crippen LogP contribution >= 0.6 is 11.3 Å². The number of nitro groups is 1. The highest BCUT2D eigenvalue weighted by atomic mass is 32.1. The van der Waals surface area contributed by atoms with Gasteiger partial charge in [0, 0.05) is 10.9 Å². The summed E-state index contributed by atoms with van der Waals surface area (Å²) >= 11 is 1.46. The molecule has 6 heteroatoms. The number of hydrogen-bond acceptors (Lipinski definition) is 4. The highest BCUT2D eigenvalue weighted by Gasteiger charge is 2.18. The Bertz CT molecular complexity index is 542. The Labute approximate surface area is 101 Å². The van der Waals surface area contributed by atoms with Crippen LogP contribution in [-0.2, 0) is 0 Å². The molecule has 2 N–H and O–H groups in total. The minimum Gasteiger partial charge on any atom is -0.320 e. The molecule has 0 bridgehead atoms. The molecule has 0 aliphatic heterocycles. The third-order valence-electron chi connectivity index (χ3n) is 2.38. The number of rotatable bonds is 3. The Morgan fingerprint density at radius 3 is 2.76 bits per heavy atom. The molecule has 0 spiro atoms. The van der Waals surface area contributed by atoms with E-state index in [1.165, 1.54) is 23.5 Å². The number of thiophene rings is 1. The molecule has 0 aliphatic carbocycles. The fourth-order valence-electron chi connectivity index (χ4n) is 1.50. The molecule has 4 nitrogen and oxygen atoms in total.